The molecule has 1 heterocycles. The molecule has 4 nitrogen and oxygen atoms in total. The van der Waals surface area contributed by atoms with Gasteiger partial charge in [-0.15, -0.1) is 0 Å². The largest absolute Gasteiger partial charge is 0.497 e. The molecule has 1 aromatic carbocycles. The minimum atomic E-state index is 0.448. The highest BCUT2D eigenvalue weighted by atomic mass is 32.1. The smallest absolute Gasteiger partial charge is 0.178 e. The van der Waals surface area contributed by atoms with Crippen molar-refractivity contribution in [1.82, 2.24) is 9.55 Å². The Labute approximate surface area is 123 Å². The van der Waals surface area contributed by atoms with Crippen LogP contribution in [0.1, 0.15) is 25.7 Å². The molecule has 108 valence electrons. The molecule has 0 amide bonds. The van der Waals surface area contributed by atoms with E-state index in [0.717, 1.165) is 28.1 Å². The molecule has 0 radical (unpaired) electrons. The molecule has 0 unspecified atom stereocenters. The van der Waals surface area contributed by atoms with E-state index in [4.69, 9.17) is 21.7 Å². The van der Waals surface area contributed by atoms with Crippen LogP contribution in [0.3, 0.4) is 0 Å². The summed E-state index contributed by atoms with van der Waals surface area (Å²) >= 11 is 5.39. The van der Waals surface area contributed by atoms with Crippen molar-refractivity contribution in [3.05, 3.63) is 23.0 Å². The summed E-state index contributed by atoms with van der Waals surface area (Å²) < 4.78 is 14.0. The number of hydrogen-bond donors (Lipinski definition) is 1. The number of benzene rings is 1. The second-order valence-electron chi connectivity index (χ2n) is 5.24. The minimum Gasteiger partial charge on any atom is -0.497 e. The van der Waals surface area contributed by atoms with Gasteiger partial charge < -0.3 is 19.0 Å². The van der Waals surface area contributed by atoms with E-state index in [1.165, 1.54) is 25.7 Å². The summed E-state index contributed by atoms with van der Waals surface area (Å²) in [5.41, 5.74) is 2.11. The number of aromatic nitrogens is 2. The zero-order valence-electron chi connectivity index (χ0n) is 11.7. The highest BCUT2D eigenvalue weighted by Crippen LogP contribution is 2.22. The van der Waals surface area contributed by atoms with Gasteiger partial charge in [0.1, 0.15) is 5.75 Å². The molecule has 1 saturated carbocycles. The van der Waals surface area contributed by atoms with Gasteiger partial charge >= 0.3 is 0 Å². The van der Waals surface area contributed by atoms with Gasteiger partial charge in [-0.2, -0.15) is 0 Å². The number of fused-ring (bicyclic) bond motifs is 1. The van der Waals surface area contributed by atoms with Gasteiger partial charge in [-0.25, -0.2) is 0 Å². The minimum absolute atomic E-state index is 0.448. The fraction of sp³-hybridized carbons (Fsp3) is 0.533. The van der Waals surface area contributed by atoms with E-state index in [2.05, 4.69) is 9.55 Å². The zero-order valence-corrected chi connectivity index (χ0v) is 12.5. The van der Waals surface area contributed by atoms with Gasteiger partial charge in [-0.1, -0.05) is 12.8 Å². The molecule has 1 aromatic heterocycles. The highest BCUT2D eigenvalue weighted by molar-refractivity contribution is 7.71. The molecular weight excluding hydrogens is 272 g/mol. The third kappa shape index (κ3) is 2.74. The fourth-order valence-corrected chi connectivity index (χ4v) is 3.15. The van der Waals surface area contributed by atoms with Crippen molar-refractivity contribution in [2.24, 2.45) is 0 Å². The molecule has 1 fully saturated rings. The number of nitrogens with one attached hydrogen (secondary N) is 1. The normalized spacial score (nSPS) is 16.1. The number of hydrogen-bond acceptors (Lipinski definition) is 3. The lowest BCUT2D eigenvalue weighted by Gasteiger charge is -2.11. The Hall–Kier alpha value is -1.33. The Morgan fingerprint density at radius 1 is 1.35 bits per heavy atom. The van der Waals surface area contributed by atoms with Crippen molar-refractivity contribution in [2.45, 2.75) is 38.3 Å². The molecule has 1 aliphatic rings. The third-order valence-electron chi connectivity index (χ3n) is 3.95. The average molecular weight is 292 g/mol. The van der Waals surface area contributed by atoms with Crippen LogP contribution in [0.25, 0.3) is 11.0 Å². The first-order valence-electron chi connectivity index (χ1n) is 7.16. The zero-order chi connectivity index (χ0) is 13.9. The number of aromatic amines is 1. The maximum atomic E-state index is 5.92. The molecule has 0 spiro atoms. The molecule has 1 aliphatic carbocycles. The standard InChI is InChI=1S/C15H20N2O2S/c1-18-12-6-7-13-14(10-12)17(15(20)16-13)8-9-19-11-4-2-3-5-11/h6-7,10-11H,2-5,8-9H2,1H3,(H,16,20). The number of rotatable bonds is 5. The predicted octanol–water partition coefficient (Wildman–Crippen LogP) is 3.67. The molecular formula is C15H20N2O2S. The van der Waals surface area contributed by atoms with Crippen LogP contribution in [0.4, 0.5) is 0 Å². The Kier molecular flexibility index (Phi) is 4.08. The summed E-state index contributed by atoms with van der Waals surface area (Å²) in [7, 11) is 1.68. The van der Waals surface area contributed by atoms with Gasteiger partial charge in [0, 0.05) is 12.6 Å². The van der Waals surface area contributed by atoms with E-state index in [-0.39, 0.29) is 0 Å². The molecule has 0 aliphatic heterocycles. The number of ether oxygens (including phenoxy) is 2. The van der Waals surface area contributed by atoms with Crippen molar-refractivity contribution in [1.29, 1.82) is 0 Å². The van der Waals surface area contributed by atoms with E-state index >= 15 is 0 Å². The maximum absolute atomic E-state index is 5.92. The molecule has 0 bridgehead atoms. The van der Waals surface area contributed by atoms with Gasteiger partial charge in [0.25, 0.3) is 0 Å². The van der Waals surface area contributed by atoms with Gasteiger partial charge in [0.15, 0.2) is 4.77 Å². The molecule has 20 heavy (non-hydrogen) atoms. The Morgan fingerprint density at radius 3 is 2.90 bits per heavy atom. The molecule has 0 atom stereocenters. The van der Waals surface area contributed by atoms with Gasteiger partial charge in [0.05, 0.1) is 30.9 Å². The second-order valence-corrected chi connectivity index (χ2v) is 5.63. The molecule has 3 rings (SSSR count). The average Bonchev–Trinajstić information content (AvgIpc) is 3.07. The van der Waals surface area contributed by atoms with Crippen LogP contribution < -0.4 is 4.74 Å². The number of H-pyrrole nitrogens is 1. The van der Waals surface area contributed by atoms with E-state index < -0.39 is 0 Å². The molecule has 5 heteroatoms. The lowest BCUT2D eigenvalue weighted by molar-refractivity contribution is 0.0533. The molecule has 2 aromatic rings. The van der Waals surface area contributed by atoms with Crippen molar-refractivity contribution in [2.75, 3.05) is 13.7 Å². The number of imidazole rings is 1. The Morgan fingerprint density at radius 2 is 2.15 bits per heavy atom. The van der Waals surface area contributed by atoms with E-state index in [0.29, 0.717) is 12.7 Å². The van der Waals surface area contributed by atoms with Gasteiger partial charge in [-0.05, 0) is 37.2 Å². The van der Waals surface area contributed by atoms with Crippen molar-refractivity contribution < 1.29 is 9.47 Å². The van der Waals surface area contributed by atoms with Crippen LogP contribution in [-0.2, 0) is 11.3 Å². The van der Waals surface area contributed by atoms with Crippen LogP contribution in [0.5, 0.6) is 5.75 Å². The highest BCUT2D eigenvalue weighted by Gasteiger charge is 2.15. The first kappa shape index (κ1) is 13.6. The monoisotopic (exact) mass is 292 g/mol. The van der Waals surface area contributed by atoms with E-state index in [9.17, 15) is 0 Å². The topological polar surface area (TPSA) is 39.2 Å². The summed E-state index contributed by atoms with van der Waals surface area (Å²) in [6, 6.07) is 5.95. The summed E-state index contributed by atoms with van der Waals surface area (Å²) in [6.45, 7) is 1.49. The Balaban J connectivity index is 1.75. The first-order valence-corrected chi connectivity index (χ1v) is 7.57. The van der Waals surface area contributed by atoms with Crippen molar-refractivity contribution in [3.63, 3.8) is 0 Å². The van der Waals surface area contributed by atoms with Crippen LogP contribution in [0.15, 0.2) is 18.2 Å². The fourth-order valence-electron chi connectivity index (χ4n) is 2.85. The SMILES string of the molecule is COc1ccc2[nH]c(=S)n(CCOC3CCCC3)c2c1. The predicted molar refractivity (Wildman–Crippen MR) is 81.9 cm³/mol. The number of nitrogens with zero attached hydrogens (tertiary/aromatic N) is 1. The van der Waals surface area contributed by atoms with Crippen LogP contribution in [0.2, 0.25) is 0 Å². The van der Waals surface area contributed by atoms with Crippen LogP contribution in [0, 0.1) is 4.77 Å². The molecule has 0 saturated heterocycles. The quantitative estimate of drug-likeness (QED) is 0.855. The van der Waals surface area contributed by atoms with E-state index in [1.807, 2.05) is 18.2 Å². The first-order chi connectivity index (χ1) is 9.78. The van der Waals surface area contributed by atoms with Gasteiger partial charge in [0.2, 0.25) is 0 Å². The van der Waals surface area contributed by atoms with Crippen LogP contribution >= 0.6 is 12.2 Å². The summed E-state index contributed by atoms with van der Waals surface area (Å²) in [5.74, 6) is 0.844. The van der Waals surface area contributed by atoms with E-state index in [1.54, 1.807) is 7.11 Å². The lowest BCUT2D eigenvalue weighted by Crippen LogP contribution is -2.13. The Bertz CT molecular complexity index is 641. The van der Waals surface area contributed by atoms with Crippen molar-refractivity contribution in [3.8, 4) is 5.75 Å². The molecule has 1 N–H and O–H groups in total. The lowest BCUT2D eigenvalue weighted by atomic mass is 10.3. The number of methoxy groups -OCH3 is 1. The second kappa shape index (κ2) is 5.97. The summed E-state index contributed by atoms with van der Waals surface area (Å²) in [4.78, 5) is 3.22. The summed E-state index contributed by atoms with van der Waals surface area (Å²) in [5, 5.41) is 0. The van der Waals surface area contributed by atoms with Gasteiger partial charge in [-0.3, -0.25) is 0 Å². The maximum Gasteiger partial charge on any atom is 0.178 e. The summed E-state index contributed by atoms with van der Waals surface area (Å²) in [6.07, 6.45) is 5.45. The third-order valence-corrected chi connectivity index (χ3v) is 4.28. The van der Waals surface area contributed by atoms with Crippen LogP contribution in [-0.4, -0.2) is 29.4 Å². The van der Waals surface area contributed by atoms with Crippen molar-refractivity contribution >= 4 is 23.3 Å².